The van der Waals surface area contributed by atoms with Gasteiger partial charge in [0.1, 0.15) is 17.4 Å². The van der Waals surface area contributed by atoms with Crippen LogP contribution in [0, 0.1) is 25.2 Å². The summed E-state index contributed by atoms with van der Waals surface area (Å²) in [6, 6.07) is 11.5. The first kappa shape index (κ1) is 19.3. The molecular formula is C21H25N3O2. The lowest BCUT2D eigenvalue weighted by atomic mass is 10.1. The summed E-state index contributed by atoms with van der Waals surface area (Å²) in [6.07, 6.45) is 2.70. The lowest BCUT2D eigenvalue weighted by Gasteiger charge is -2.08. The van der Waals surface area contributed by atoms with Crippen LogP contribution in [0.2, 0.25) is 0 Å². The summed E-state index contributed by atoms with van der Waals surface area (Å²) in [7, 11) is 1.60. The van der Waals surface area contributed by atoms with E-state index in [0.29, 0.717) is 6.54 Å². The molecule has 1 aromatic heterocycles. The minimum Gasteiger partial charge on any atom is -0.497 e. The predicted octanol–water partition coefficient (Wildman–Crippen LogP) is 3.75. The normalized spacial score (nSPS) is 11.1. The van der Waals surface area contributed by atoms with E-state index >= 15 is 0 Å². The van der Waals surface area contributed by atoms with Crippen LogP contribution in [0.25, 0.3) is 6.08 Å². The summed E-state index contributed by atoms with van der Waals surface area (Å²) in [5, 5.41) is 12.2. The lowest BCUT2D eigenvalue weighted by molar-refractivity contribution is -0.117. The minimum absolute atomic E-state index is 0.102. The van der Waals surface area contributed by atoms with E-state index in [2.05, 4.69) is 16.8 Å². The van der Waals surface area contributed by atoms with Crippen LogP contribution in [0.1, 0.15) is 35.9 Å². The highest BCUT2D eigenvalue weighted by Crippen LogP contribution is 2.19. The summed E-state index contributed by atoms with van der Waals surface area (Å²) in [5.74, 6) is 0.353. The molecule has 0 saturated carbocycles. The zero-order valence-corrected chi connectivity index (χ0v) is 15.8. The second kappa shape index (κ2) is 8.91. The van der Waals surface area contributed by atoms with E-state index < -0.39 is 0 Å². The largest absolute Gasteiger partial charge is 0.497 e. The van der Waals surface area contributed by atoms with E-state index in [0.717, 1.165) is 41.2 Å². The average Bonchev–Trinajstić information content (AvgIpc) is 2.92. The Kier molecular flexibility index (Phi) is 6.62. The van der Waals surface area contributed by atoms with Crippen LogP contribution < -0.4 is 10.1 Å². The third-order valence-electron chi connectivity index (χ3n) is 4.31. The molecule has 26 heavy (non-hydrogen) atoms. The first-order valence-electron chi connectivity index (χ1n) is 8.69. The molecule has 0 atom stereocenters. The number of ether oxygens (including phenoxy) is 1. The number of aromatic nitrogens is 1. The molecule has 0 fully saturated rings. The lowest BCUT2D eigenvalue weighted by Crippen LogP contribution is -2.24. The molecule has 1 amide bonds. The van der Waals surface area contributed by atoms with Gasteiger partial charge in [-0.3, -0.25) is 4.79 Å². The first-order chi connectivity index (χ1) is 12.5. The molecular weight excluding hydrogens is 326 g/mol. The van der Waals surface area contributed by atoms with Crippen LogP contribution in [0.5, 0.6) is 5.75 Å². The van der Waals surface area contributed by atoms with Crippen molar-refractivity contribution in [2.75, 3.05) is 7.11 Å². The van der Waals surface area contributed by atoms with Gasteiger partial charge in [0.15, 0.2) is 0 Å². The molecule has 2 rings (SSSR count). The Morgan fingerprint density at radius 2 is 2.12 bits per heavy atom. The topological polar surface area (TPSA) is 67.0 Å². The summed E-state index contributed by atoms with van der Waals surface area (Å²) in [6.45, 7) is 7.44. The molecule has 0 aliphatic heterocycles. The third kappa shape index (κ3) is 4.54. The van der Waals surface area contributed by atoms with Gasteiger partial charge in [0.25, 0.3) is 5.91 Å². The van der Waals surface area contributed by atoms with Crippen molar-refractivity contribution in [2.45, 2.75) is 40.3 Å². The zero-order valence-electron chi connectivity index (χ0n) is 15.8. The number of carbonyl (C=O) groups is 1. The Morgan fingerprint density at radius 3 is 2.77 bits per heavy atom. The van der Waals surface area contributed by atoms with Crippen LogP contribution in [0.3, 0.4) is 0 Å². The van der Waals surface area contributed by atoms with Crippen molar-refractivity contribution < 1.29 is 9.53 Å². The summed E-state index contributed by atoms with van der Waals surface area (Å²) in [5.41, 5.74) is 4.12. The van der Waals surface area contributed by atoms with Gasteiger partial charge in [-0.15, -0.1) is 0 Å². The number of nitriles is 1. The maximum absolute atomic E-state index is 12.4. The van der Waals surface area contributed by atoms with Crippen molar-refractivity contribution >= 4 is 12.0 Å². The molecule has 0 aliphatic rings. The van der Waals surface area contributed by atoms with E-state index in [9.17, 15) is 10.1 Å². The van der Waals surface area contributed by atoms with Crippen molar-refractivity contribution in [3.63, 3.8) is 0 Å². The third-order valence-corrected chi connectivity index (χ3v) is 4.31. The van der Waals surface area contributed by atoms with Gasteiger partial charge in [-0.25, -0.2) is 0 Å². The number of carbonyl (C=O) groups excluding carboxylic acids is 1. The van der Waals surface area contributed by atoms with Crippen LogP contribution in [0.4, 0.5) is 0 Å². The van der Waals surface area contributed by atoms with E-state index in [4.69, 9.17) is 4.74 Å². The van der Waals surface area contributed by atoms with Crippen molar-refractivity contribution in [3.05, 3.63) is 58.4 Å². The average molecular weight is 351 g/mol. The van der Waals surface area contributed by atoms with E-state index in [1.54, 1.807) is 13.2 Å². The van der Waals surface area contributed by atoms with Gasteiger partial charge in [-0.2, -0.15) is 5.26 Å². The molecule has 2 aromatic rings. The number of methoxy groups -OCH3 is 1. The fourth-order valence-electron chi connectivity index (χ4n) is 2.91. The number of amides is 1. The van der Waals surface area contributed by atoms with Gasteiger partial charge in [-0.05, 0) is 55.7 Å². The van der Waals surface area contributed by atoms with Crippen LogP contribution in [0.15, 0.2) is 35.9 Å². The molecule has 0 spiro atoms. The number of nitrogens with zero attached hydrogens (tertiary/aromatic N) is 2. The summed E-state index contributed by atoms with van der Waals surface area (Å²) >= 11 is 0. The molecule has 0 aliphatic carbocycles. The Morgan fingerprint density at radius 1 is 1.35 bits per heavy atom. The van der Waals surface area contributed by atoms with E-state index in [1.807, 2.05) is 50.2 Å². The Balaban J connectivity index is 2.14. The molecule has 5 nitrogen and oxygen atoms in total. The van der Waals surface area contributed by atoms with Crippen LogP contribution in [-0.2, 0) is 17.9 Å². The van der Waals surface area contributed by atoms with Crippen molar-refractivity contribution in [3.8, 4) is 11.8 Å². The van der Waals surface area contributed by atoms with Gasteiger partial charge < -0.3 is 14.6 Å². The molecule has 136 valence electrons. The van der Waals surface area contributed by atoms with Gasteiger partial charge in [0, 0.05) is 24.5 Å². The minimum atomic E-state index is -0.379. The molecule has 5 heteroatoms. The summed E-state index contributed by atoms with van der Waals surface area (Å²) < 4.78 is 7.38. The molecule has 0 unspecified atom stereocenters. The highest BCUT2D eigenvalue weighted by Gasteiger charge is 2.12. The van der Waals surface area contributed by atoms with Crippen molar-refractivity contribution in [1.82, 2.24) is 9.88 Å². The Labute approximate surface area is 154 Å². The number of hydrogen-bond acceptors (Lipinski definition) is 3. The molecule has 1 heterocycles. The molecule has 1 aromatic carbocycles. The van der Waals surface area contributed by atoms with Gasteiger partial charge in [-0.1, -0.05) is 19.1 Å². The van der Waals surface area contributed by atoms with Crippen molar-refractivity contribution in [1.29, 1.82) is 5.26 Å². The molecule has 0 saturated heterocycles. The Bertz CT molecular complexity index is 857. The van der Waals surface area contributed by atoms with Gasteiger partial charge >= 0.3 is 0 Å². The number of rotatable bonds is 7. The van der Waals surface area contributed by atoms with Gasteiger partial charge in [0.05, 0.1) is 7.11 Å². The highest BCUT2D eigenvalue weighted by atomic mass is 16.5. The molecule has 1 N–H and O–H groups in total. The second-order valence-corrected chi connectivity index (χ2v) is 6.18. The van der Waals surface area contributed by atoms with Crippen LogP contribution >= 0.6 is 0 Å². The highest BCUT2D eigenvalue weighted by molar-refractivity contribution is 6.01. The standard InChI is InChI=1S/C21H25N3O2/c1-5-9-24-15(2)10-18(16(24)3)12-19(13-22)21(25)23-14-17-7-6-8-20(11-17)26-4/h6-8,10-12H,5,9,14H2,1-4H3,(H,23,25)/b19-12+. The smallest absolute Gasteiger partial charge is 0.262 e. The number of hydrogen-bond donors (Lipinski definition) is 1. The monoisotopic (exact) mass is 351 g/mol. The molecule has 0 radical (unpaired) electrons. The zero-order chi connectivity index (χ0) is 19.1. The number of benzene rings is 1. The predicted molar refractivity (Wildman–Crippen MR) is 103 cm³/mol. The fourth-order valence-corrected chi connectivity index (χ4v) is 2.91. The fraction of sp³-hybridized carbons (Fsp3) is 0.333. The Hall–Kier alpha value is -3.00. The van der Waals surface area contributed by atoms with Crippen LogP contribution in [-0.4, -0.2) is 17.6 Å². The maximum atomic E-state index is 12.4. The number of nitrogens with one attached hydrogen (secondary N) is 1. The quantitative estimate of drug-likeness (QED) is 0.610. The van der Waals surface area contributed by atoms with E-state index in [1.165, 1.54) is 0 Å². The maximum Gasteiger partial charge on any atom is 0.262 e. The SMILES string of the molecule is CCCn1c(C)cc(/C=C(\C#N)C(=O)NCc2cccc(OC)c2)c1C. The second-order valence-electron chi connectivity index (χ2n) is 6.18. The van der Waals surface area contributed by atoms with Crippen molar-refractivity contribution in [2.24, 2.45) is 0 Å². The number of aryl methyl sites for hydroxylation is 1. The van der Waals surface area contributed by atoms with Gasteiger partial charge in [0.2, 0.25) is 0 Å². The van der Waals surface area contributed by atoms with E-state index in [-0.39, 0.29) is 11.5 Å². The molecule has 0 bridgehead atoms. The summed E-state index contributed by atoms with van der Waals surface area (Å²) in [4.78, 5) is 12.4. The first-order valence-corrected chi connectivity index (χ1v) is 8.69.